The van der Waals surface area contributed by atoms with Crippen molar-refractivity contribution in [1.82, 2.24) is 0 Å². The molecule has 9 nitrogen and oxygen atoms in total. The number of carbonyl (C=O) groups is 3. The van der Waals surface area contributed by atoms with Crippen molar-refractivity contribution >= 4 is 26.7 Å². The maximum absolute atomic E-state index is 11.6. The van der Waals surface area contributed by atoms with Crippen LogP contribution in [0.5, 0.6) is 11.5 Å². The Hall–Kier alpha value is -3.37. The highest BCUT2D eigenvalue weighted by molar-refractivity contribution is 6.65. The largest absolute Gasteiger partial charge is 0.705 e. The van der Waals surface area contributed by atoms with E-state index in [0.717, 1.165) is 31.9 Å². The number of methoxy groups -OCH3 is 1. The van der Waals surface area contributed by atoms with Crippen molar-refractivity contribution in [3.63, 3.8) is 0 Å². The molecule has 0 unspecified atom stereocenters. The Morgan fingerprint density at radius 1 is 0.788 bits per heavy atom. The third-order valence-corrected chi connectivity index (χ3v) is 6.93. The number of rotatable bonds is 12. The van der Waals surface area contributed by atoms with Gasteiger partial charge in [-0.2, -0.15) is 0 Å². The number of para-hydroxylation sites is 1. The van der Waals surface area contributed by atoms with Gasteiger partial charge in [-0.25, -0.2) is 0 Å². The van der Waals surface area contributed by atoms with Gasteiger partial charge >= 0.3 is 8.80 Å². The molecule has 0 saturated carbocycles. The Labute approximate surface area is 193 Å². The second-order valence-electron chi connectivity index (χ2n) is 6.97. The zero-order valence-corrected chi connectivity index (χ0v) is 20.1. The van der Waals surface area contributed by atoms with Gasteiger partial charge in [-0.1, -0.05) is 42.5 Å². The van der Waals surface area contributed by atoms with E-state index in [0.29, 0.717) is 11.5 Å². The lowest BCUT2D eigenvalue weighted by atomic mass is 10.0. The van der Waals surface area contributed by atoms with Crippen LogP contribution in [0.3, 0.4) is 0 Å². The van der Waals surface area contributed by atoms with Gasteiger partial charge in [0.05, 0.1) is 12.7 Å². The van der Waals surface area contributed by atoms with Crippen LogP contribution in [0.1, 0.15) is 27.2 Å². The SMILES string of the molecule is COCOc1cccc(-c2ccccc2)c1OCCC[Si](OC(C)=O)(OC(C)=O)OC(C)=O. The molecule has 0 aliphatic heterocycles. The van der Waals surface area contributed by atoms with Crippen LogP contribution in [0, 0.1) is 0 Å². The Morgan fingerprint density at radius 2 is 1.39 bits per heavy atom. The Balaban J connectivity index is 2.22. The van der Waals surface area contributed by atoms with Gasteiger partial charge in [0.15, 0.2) is 18.3 Å². The molecule has 0 amide bonds. The van der Waals surface area contributed by atoms with Gasteiger partial charge in [0.1, 0.15) is 0 Å². The molecule has 0 spiro atoms. The lowest BCUT2D eigenvalue weighted by Gasteiger charge is -2.26. The fourth-order valence-corrected chi connectivity index (χ4v) is 5.40. The molecule has 2 rings (SSSR count). The summed E-state index contributed by atoms with van der Waals surface area (Å²) in [4.78, 5) is 34.8. The van der Waals surface area contributed by atoms with Crippen LogP contribution in [-0.2, 0) is 32.4 Å². The highest BCUT2D eigenvalue weighted by atomic mass is 28.4. The lowest BCUT2D eigenvalue weighted by Crippen LogP contribution is -2.49. The minimum absolute atomic E-state index is 0.00745. The molecule has 0 aliphatic carbocycles. The average molecular weight is 477 g/mol. The predicted molar refractivity (Wildman–Crippen MR) is 120 cm³/mol. The molecule has 0 heterocycles. The maximum Gasteiger partial charge on any atom is 0.705 e. The first-order chi connectivity index (χ1) is 15.8. The second kappa shape index (κ2) is 12.6. The minimum Gasteiger partial charge on any atom is -0.489 e. The normalized spacial score (nSPS) is 10.8. The Kier molecular flexibility index (Phi) is 9.89. The van der Waals surface area contributed by atoms with Crippen molar-refractivity contribution in [2.75, 3.05) is 20.5 Å². The van der Waals surface area contributed by atoms with Crippen molar-refractivity contribution in [3.05, 3.63) is 48.5 Å². The van der Waals surface area contributed by atoms with Crippen molar-refractivity contribution in [3.8, 4) is 22.6 Å². The second-order valence-corrected chi connectivity index (χ2v) is 9.44. The molecule has 0 aliphatic rings. The summed E-state index contributed by atoms with van der Waals surface area (Å²) in [7, 11) is -2.40. The molecule has 0 bridgehead atoms. The van der Waals surface area contributed by atoms with Gasteiger partial charge < -0.3 is 27.5 Å². The van der Waals surface area contributed by atoms with E-state index in [1.807, 2.05) is 42.5 Å². The zero-order chi connectivity index (χ0) is 24.3. The quantitative estimate of drug-likeness (QED) is 0.257. The van der Waals surface area contributed by atoms with E-state index >= 15 is 0 Å². The van der Waals surface area contributed by atoms with Gasteiger partial charge in [-0.05, 0) is 18.1 Å². The third-order valence-electron chi connectivity index (χ3n) is 4.17. The van der Waals surface area contributed by atoms with Crippen LogP contribution in [0.2, 0.25) is 6.04 Å². The summed E-state index contributed by atoms with van der Waals surface area (Å²) in [5, 5.41) is 0. The van der Waals surface area contributed by atoms with E-state index in [1.54, 1.807) is 6.07 Å². The van der Waals surface area contributed by atoms with Gasteiger partial charge in [-0.15, -0.1) is 0 Å². The van der Waals surface area contributed by atoms with Gasteiger partial charge in [0, 0.05) is 33.4 Å². The molecular formula is C23H28O9Si. The minimum atomic E-state index is -3.91. The van der Waals surface area contributed by atoms with Crippen molar-refractivity contribution in [2.45, 2.75) is 33.2 Å². The summed E-state index contributed by atoms with van der Waals surface area (Å²) in [6.45, 7) is 3.64. The van der Waals surface area contributed by atoms with Crippen LogP contribution in [0.4, 0.5) is 0 Å². The Bertz CT molecular complexity index is 905. The summed E-state index contributed by atoms with van der Waals surface area (Å²) in [5.41, 5.74) is 1.74. The van der Waals surface area contributed by atoms with Crippen LogP contribution in [-0.4, -0.2) is 47.2 Å². The molecule has 0 saturated heterocycles. The smallest absolute Gasteiger partial charge is 0.489 e. The zero-order valence-electron chi connectivity index (χ0n) is 19.1. The topological polar surface area (TPSA) is 107 Å². The standard InChI is InChI=1S/C23H28O9Si/c1-17(24)30-33(31-18(2)25,32-19(3)26)15-9-14-28-23-21(20-10-6-5-7-11-20)12-8-13-22(23)29-16-27-4/h5-8,10-13H,9,14-16H2,1-4H3. The first-order valence-corrected chi connectivity index (χ1v) is 12.2. The molecule has 178 valence electrons. The summed E-state index contributed by atoms with van der Waals surface area (Å²) >= 11 is 0. The van der Waals surface area contributed by atoms with Crippen LogP contribution >= 0.6 is 0 Å². The molecule has 33 heavy (non-hydrogen) atoms. The molecule has 0 aromatic heterocycles. The van der Waals surface area contributed by atoms with Crippen LogP contribution < -0.4 is 9.47 Å². The molecule has 0 radical (unpaired) electrons. The number of ether oxygens (including phenoxy) is 3. The van der Waals surface area contributed by atoms with Crippen molar-refractivity contribution < 1.29 is 41.9 Å². The highest BCUT2D eigenvalue weighted by Crippen LogP contribution is 2.38. The first kappa shape index (κ1) is 25.9. The molecule has 10 heteroatoms. The van der Waals surface area contributed by atoms with Gasteiger partial charge in [0.25, 0.3) is 17.9 Å². The molecule has 0 atom stereocenters. The predicted octanol–water partition coefficient (Wildman–Crippen LogP) is 3.73. The van der Waals surface area contributed by atoms with E-state index < -0.39 is 26.7 Å². The summed E-state index contributed by atoms with van der Waals surface area (Å²) in [6, 6.07) is 15.2. The van der Waals surface area contributed by atoms with Gasteiger partial charge in [0.2, 0.25) is 0 Å². The molecule has 0 N–H and O–H groups in total. The third kappa shape index (κ3) is 8.24. The highest BCUT2D eigenvalue weighted by Gasteiger charge is 2.51. The van der Waals surface area contributed by atoms with E-state index in [1.165, 1.54) is 7.11 Å². The number of carbonyl (C=O) groups excluding carboxylic acids is 3. The van der Waals surface area contributed by atoms with E-state index in [9.17, 15) is 14.4 Å². The molecule has 2 aromatic rings. The Morgan fingerprint density at radius 3 is 1.94 bits per heavy atom. The van der Waals surface area contributed by atoms with Crippen molar-refractivity contribution in [2.24, 2.45) is 0 Å². The van der Waals surface area contributed by atoms with E-state index in [2.05, 4.69) is 0 Å². The fourth-order valence-electron chi connectivity index (χ4n) is 3.08. The first-order valence-electron chi connectivity index (χ1n) is 10.3. The number of benzene rings is 2. The molecule has 0 fully saturated rings. The monoisotopic (exact) mass is 476 g/mol. The maximum atomic E-state index is 11.6. The van der Waals surface area contributed by atoms with Gasteiger partial charge in [-0.3, -0.25) is 14.4 Å². The molecular weight excluding hydrogens is 448 g/mol. The lowest BCUT2D eigenvalue weighted by molar-refractivity contribution is -0.147. The number of hydrogen-bond donors (Lipinski definition) is 0. The summed E-state index contributed by atoms with van der Waals surface area (Å²) in [5.74, 6) is -1.15. The fraction of sp³-hybridized carbons (Fsp3) is 0.348. The summed E-state index contributed by atoms with van der Waals surface area (Å²) < 4.78 is 32.3. The van der Waals surface area contributed by atoms with Crippen LogP contribution in [0.15, 0.2) is 48.5 Å². The summed E-state index contributed by atoms with van der Waals surface area (Å²) in [6.07, 6.45) is 0.271. The van der Waals surface area contributed by atoms with Crippen LogP contribution in [0.25, 0.3) is 11.1 Å². The van der Waals surface area contributed by atoms with Crippen molar-refractivity contribution in [1.29, 1.82) is 0 Å². The molecule has 2 aromatic carbocycles. The van der Waals surface area contributed by atoms with E-state index in [4.69, 9.17) is 27.5 Å². The number of hydrogen-bond acceptors (Lipinski definition) is 9. The van der Waals surface area contributed by atoms with E-state index in [-0.39, 0.29) is 25.9 Å². The average Bonchev–Trinajstić information content (AvgIpc) is 2.74.